The molecular weight excluding hydrogens is 455 g/mol. The van der Waals surface area contributed by atoms with Gasteiger partial charge in [-0.15, -0.1) is 4.72 Å². The molecule has 0 saturated carbocycles. The molecule has 0 bridgehead atoms. The Balaban J connectivity index is 6.08. The standard InChI is InChI=1S/C23H55NO3SSi3/c1-21(2,3)28(25)24-19(18-29(10,11)12)20(27-31(15,16)23(7,8)9)17-26-30(13,14)22(4,5)6/h19-20,24H,17-18H2,1-16H3/t19-,20+,28-/m0/s1. The summed E-state index contributed by atoms with van der Waals surface area (Å²) in [7, 11) is -5.41. The van der Waals surface area contributed by atoms with Gasteiger partial charge >= 0.3 is 0 Å². The summed E-state index contributed by atoms with van der Waals surface area (Å²) in [6.07, 6.45) is -0.104. The van der Waals surface area contributed by atoms with Crippen molar-refractivity contribution >= 4 is 36.1 Å². The van der Waals surface area contributed by atoms with Crippen molar-refractivity contribution in [2.24, 2.45) is 0 Å². The highest BCUT2D eigenvalue weighted by molar-refractivity contribution is 7.90. The minimum Gasteiger partial charge on any atom is -0.598 e. The van der Waals surface area contributed by atoms with Crippen LogP contribution in [0.4, 0.5) is 0 Å². The molecule has 0 saturated heterocycles. The summed E-state index contributed by atoms with van der Waals surface area (Å²) in [5, 5.41) is 0.250. The second kappa shape index (κ2) is 10.6. The third kappa shape index (κ3) is 10.8. The summed E-state index contributed by atoms with van der Waals surface area (Å²) in [6.45, 7) is 36.6. The first-order valence-electron chi connectivity index (χ1n) is 11.8. The van der Waals surface area contributed by atoms with E-state index in [2.05, 4.69) is 92.1 Å². The Hall–Kier alpha value is 0.841. The largest absolute Gasteiger partial charge is 0.598 e. The zero-order valence-electron chi connectivity index (χ0n) is 23.7. The van der Waals surface area contributed by atoms with E-state index in [4.69, 9.17) is 8.85 Å². The molecule has 0 spiro atoms. The van der Waals surface area contributed by atoms with Gasteiger partial charge in [0.15, 0.2) is 16.6 Å². The molecule has 0 unspecified atom stereocenters. The van der Waals surface area contributed by atoms with E-state index in [9.17, 15) is 4.55 Å². The molecule has 0 amide bonds. The second-order valence-electron chi connectivity index (χ2n) is 14.4. The van der Waals surface area contributed by atoms with Gasteiger partial charge in [-0.05, 0) is 63.1 Å². The van der Waals surface area contributed by atoms with E-state index < -0.39 is 36.1 Å². The van der Waals surface area contributed by atoms with Gasteiger partial charge in [-0.1, -0.05) is 61.2 Å². The third-order valence-electron chi connectivity index (χ3n) is 6.76. The Morgan fingerprint density at radius 1 is 0.774 bits per heavy atom. The molecule has 0 aliphatic carbocycles. The maximum atomic E-state index is 13.1. The van der Waals surface area contributed by atoms with Gasteiger partial charge in [-0.3, -0.25) is 0 Å². The Bertz CT molecular complexity index is 558. The van der Waals surface area contributed by atoms with E-state index >= 15 is 0 Å². The SMILES string of the molecule is CC(C)(C)[S@+]([O-])N[C@@H](C[Si](C)(C)C)[C@@H](CO[Si](C)(C)C(C)(C)C)O[Si](C)(C)C(C)(C)C. The van der Waals surface area contributed by atoms with Gasteiger partial charge in [-0.25, -0.2) is 0 Å². The Kier molecular flexibility index (Phi) is 10.9. The van der Waals surface area contributed by atoms with Crippen LogP contribution < -0.4 is 4.72 Å². The summed E-state index contributed by atoms with van der Waals surface area (Å²) < 4.78 is 30.0. The first-order valence-corrected chi connectivity index (χ1v) is 22.5. The molecule has 0 aromatic carbocycles. The summed E-state index contributed by atoms with van der Waals surface area (Å²) in [4.78, 5) is 0. The predicted octanol–water partition coefficient (Wildman–Crippen LogP) is 7.16. The monoisotopic (exact) mass is 509 g/mol. The summed E-state index contributed by atoms with van der Waals surface area (Å²) in [6, 6.07) is 1.03. The molecule has 8 heteroatoms. The van der Waals surface area contributed by atoms with Gasteiger partial charge in [-0.2, -0.15) is 0 Å². The Morgan fingerprint density at radius 2 is 1.19 bits per heavy atom. The minimum absolute atomic E-state index is 0.0191. The quantitative estimate of drug-likeness (QED) is 0.251. The van der Waals surface area contributed by atoms with Crippen LogP contribution in [0.15, 0.2) is 0 Å². The number of rotatable bonds is 10. The molecule has 0 aliphatic heterocycles. The van der Waals surface area contributed by atoms with Gasteiger partial charge in [0.05, 0.1) is 18.8 Å². The topological polar surface area (TPSA) is 53.5 Å². The van der Waals surface area contributed by atoms with Gasteiger partial charge in [0, 0.05) is 19.4 Å². The van der Waals surface area contributed by atoms with Gasteiger partial charge in [0.1, 0.15) is 4.75 Å². The second-order valence-corrected chi connectivity index (χ2v) is 31.5. The molecule has 0 aromatic rings. The average Bonchev–Trinajstić information content (AvgIpc) is 2.45. The zero-order valence-corrected chi connectivity index (χ0v) is 27.5. The molecule has 0 aliphatic rings. The molecule has 188 valence electrons. The van der Waals surface area contributed by atoms with Crippen molar-refractivity contribution in [2.45, 2.75) is 141 Å². The third-order valence-corrected chi connectivity index (χ3v) is 19.1. The predicted molar refractivity (Wildman–Crippen MR) is 148 cm³/mol. The van der Waals surface area contributed by atoms with E-state index in [1.54, 1.807) is 0 Å². The molecule has 4 nitrogen and oxygen atoms in total. The molecule has 0 heterocycles. The van der Waals surface area contributed by atoms with Crippen molar-refractivity contribution in [3.8, 4) is 0 Å². The van der Waals surface area contributed by atoms with Crippen LogP contribution >= 0.6 is 0 Å². The fraction of sp³-hybridized carbons (Fsp3) is 1.00. The smallest absolute Gasteiger partial charge is 0.192 e. The number of hydrogen-bond acceptors (Lipinski definition) is 4. The van der Waals surface area contributed by atoms with E-state index in [1.165, 1.54) is 0 Å². The summed E-state index contributed by atoms with van der Waals surface area (Å²) in [5.41, 5.74) is 0. The molecule has 0 rings (SSSR count). The minimum atomic E-state index is -2.03. The average molecular weight is 510 g/mol. The van der Waals surface area contributed by atoms with Crippen LogP contribution in [0.2, 0.25) is 61.9 Å². The van der Waals surface area contributed by atoms with Gasteiger partial charge in [0.25, 0.3) is 0 Å². The first kappa shape index (κ1) is 31.8. The lowest BCUT2D eigenvalue weighted by atomic mass is 10.2. The van der Waals surface area contributed by atoms with Crippen LogP contribution in [0.3, 0.4) is 0 Å². The highest BCUT2D eigenvalue weighted by atomic mass is 32.2. The maximum Gasteiger partial charge on any atom is 0.192 e. The maximum absolute atomic E-state index is 13.1. The Morgan fingerprint density at radius 3 is 1.52 bits per heavy atom. The lowest BCUT2D eigenvalue weighted by molar-refractivity contribution is 0.0864. The molecule has 31 heavy (non-hydrogen) atoms. The van der Waals surface area contributed by atoms with Crippen molar-refractivity contribution in [2.75, 3.05) is 6.61 Å². The van der Waals surface area contributed by atoms with Gasteiger partial charge < -0.3 is 13.4 Å². The lowest BCUT2D eigenvalue weighted by Crippen LogP contribution is -2.58. The molecule has 3 atom stereocenters. The van der Waals surface area contributed by atoms with E-state index in [0.717, 1.165) is 6.04 Å². The summed E-state index contributed by atoms with van der Waals surface area (Å²) in [5.74, 6) is 0. The van der Waals surface area contributed by atoms with Crippen LogP contribution in [0, 0.1) is 0 Å². The van der Waals surface area contributed by atoms with Crippen LogP contribution in [0.1, 0.15) is 62.3 Å². The number of hydrogen-bond donors (Lipinski definition) is 1. The van der Waals surface area contributed by atoms with E-state index in [0.29, 0.717) is 6.61 Å². The molecule has 0 fully saturated rings. The van der Waals surface area contributed by atoms with Crippen molar-refractivity contribution < 1.29 is 13.4 Å². The van der Waals surface area contributed by atoms with E-state index in [1.807, 2.05) is 20.8 Å². The fourth-order valence-electron chi connectivity index (χ4n) is 2.52. The highest BCUT2D eigenvalue weighted by Crippen LogP contribution is 2.40. The Labute approximate surface area is 201 Å². The first-order chi connectivity index (χ1) is 13.3. The molecule has 1 N–H and O–H groups in total. The van der Waals surface area contributed by atoms with E-state index in [-0.39, 0.29) is 27.0 Å². The normalized spacial score (nSPS) is 18.1. The highest BCUT2D eigenvalue weighted by Gasteiger charge is 2.45. The van der Waals surface area contributed by atoms with Crippen molar-refractivity contribution in [3.63, 3.8) is 0 Å². The lowest BCUT2D eigenvalue weighted by Gasteiger charge is -2.44. The van der Waals surface area contributed by atoms with Crippen LogP contribution in [-0.2, 0) is 20.2 Å². The summed E-state index contributed by atoms with van der Waals surface area (Å²) >= 11 is -1.15. The van der Waals surface area contributed by atoms with Crippen molar-refractivity contribution in [1.82, 2.24) is 4.72 Å². The molecule has 0 aromatic heterocycles. The van der Waals surface area contributed by atoms with Crippen LogP contribution in [0.5, 0.6) is 0 Å². The fourth-order valence-corrected chi connectivity index (χ4v) is 7.57. The van der Waals surface area contributed by atoms with Crippen molar-refractivity contribution in [1.29, 1.82) is 0 Å². The van der Waals surface area contributed by atoms with Crippen LogP contribution in [0.25, 0.3) is 0 Å². The number of nitrogens with one attached hydrogen (secondary N) is 1. The van der Waals surface area contributed by atoms with Crippen molar-refractivity contribution in [3.05, 3.63) is 0 Å². The molecular formula is C23H55NO3SSi3. The zero-order chi connectivity index (χ0) is 25.3. The van der Waals surface area contributed by atoms with Gasteiger partial charge in [0.2, 0.25) is 0 Å². The van der Waals surface area contributed by atoms with Crippen LogP contribution in [-0.4, -0.2) is 52.8 Å². The molecule has 0 radical (unpaired) electrons.